The molecule has 1 rings (SSSR count). The average Bonchev–Trinajstić information content (AvgIpc) is 2.36. The van der Waals surface area contributed by atoms with E-state index in [1.54, 1.807) is 13.0 Å². The predicted molar refractivity (Wildman–Crippen MR) is 78.0 cm³/mol. The van der Waals surface area contributed by atoms with E-state index in [4.69, 9.17) is 4.74 Å². The SMILES string of the molecule is CC(=O)c1ccccc1OCCN(C)CCN(C)C. The summed E-state index contributed by atoms with van der Waals surface area (Å²) < 4.78 is 5.70. The lowest BCUT2D eigenvalue weighted by Gasteiger charge is -2.19. The predicted octanol–water partition coefficient (Wildman–Crippen LogP) is 1.76. The van der Waals surface area contributed by atoms with Crippen molar-refractivity contribution in [2.45, 2.75) is 6.92 Å². The molecule has 0 aliphatic carbocycles. The number of rotatable bonds is 8. The van der Waals surface area contributed by atoms with Crippen molar-refractivity contribution in [2.24, 2.45) is 0 Å². The summed E-state index contributed by atoms with van der Waals surface area (Å²) >= 11 is 0. The second kappa shape index (κ2) is 7.92. The van der Waals surface area contributed by atoms with E-state index in [0.29, 0.717) is 17.9 Å². The third-order valence-electron chi connectivity index (χ3n) is 2.93. The summed E-state index contributed by atoms with van der Waals surface area (Å²) in [6, 6.07) is 7.38. The average molecular weight is 264 g/mol. The maximum absolute atomic E-state index is 11.4. The van der Waals surface area contributed by atoms with E-state index in [2.05, 4.69) is 30.9 Å². The van der Waals surface area contributed by atoms with Crippen LogP contribution in [0.5, 0.6) is 5.75 Å². The quantitative estimate of drug-likeness (QED) is 0.670. The number of likely N-dealkylation sites (N-methyl/N-ethyl adjacent to an activating group) is 2. The first kappa shape index (κ1) is 15.7. The molecule has 0 bridgehead atoms. The molecule has 1 aromatic carbocycles. The van der Waals surface area contributed by atoms with E-state index in [1.807, 2.05) is 18.2 Å². The Bertz CT molecular complexity index is 405. The molecule has 0 aliphatic heterocycles. The number of hydrogen-bond donors (Lipinski definition) is 0. The molecule has 4 heteroatoms. The normalized spacial score (nSPS) is 11.1. The summed E-state index contributed by atoms with van der Waals surface area (Å²) in [5.41, 5.74) is 0.651. The van der Waals surface area contributed by atoms with Crippen molar-refractivity contribution in [1.82, 2.24) is 9.80 Å². The van der Waals surface area contributed by atoms with Crippen LogP contribution in [-0.4, -0.2) is 63.0 Å². The molecule has 0 heterocycles. The molecule has 0 saturated carbocycles. The Morgan fingerprint density at radius 3 is 2.42 bits per heavy atom. The highest BCUT2D eigenvalue weighted by Crippen LogP contribution is 2.18. The highest BCUT2D eigenvalue weighted by molar-refractivity contribution is 5.96. The maximum Gasteiger partial charge on any atom is 0.163 e. The van der Waals surface area contributed by atoms with Crippen LogP contribution in [0.25, 0.3) is 0 Å². The van der Waals surface area contributed by atoms with E-state index in [9.17, 15) is 4.79 Å². The van der Waals surface area contributed by atoms with Crippen molar-refractivity contribution in [2.75, 3.05) is 47.4 Å². The molecule has 0 fully saturated rings. The lowest BCUT2D eigenvalue weighted by Crippen LogP contribution is -2.31. The monoisotopic (exact) mass is 264 g/mol. The van der Waals surface area contributed by atoms with Gasteiger partial charge in [-0.05, 0) is 40.2 Å². The molecule has 0 N–H and O–H groups in total. The van der Waals surface area contributed by atoms with Crippen molar-refractivity contribution in [1.29, 1.82) is 0 Å². The highest BCUT2D eigenvalue weighted by atomic mass is 16.5. The lowest BCUT2D eigenvalue weighted by atomic mass is 10.1. The van der Waals surface area contributed by atoms with Gasteiger partial charge in [-0.25, -0.2) is 0 Å². The van der Waals surface area contributed by atoms with Gasteiger partial charge >= 0.3 is 0 Å². The van der Waals surface area contributed by atoms with Crippen LogP contribution in [-0.2, 0) is 0 Å². The van der Waals surface area contributed by atoms with E-state index < -0.39 is 0 Å². The second-order valence-corrected chi connectivity index (χ2v) is 5.01. The molecule has 0 aromatic heterocycles. The molecule has 106 valence electrons. The first-order valence-corrected chi connectivity index (χ1v) is 6.56. The molecule has 4 nitrogen and oxygen atoms in total. The van der Waals surface area contributed by atoms with Crippen molar-refractivity contribution >= 4 is 5.78 Å². The first-order valence-electron chi connectivity index (χ1n) is 6.56. The first-order chi connectivity index (χ1) is 9.00. The topological polar surface area (TPSA) is 32.8 Å². The largest absolute Gasteiger partial charge is 0.491 e. The van der Waals surface area contributed by atoms with Gasteiger partial charge in [0.25, 0.3) is 0 Å². The Morgan fingerprint density at radius 2 is 1.79 bits per heavy atom. The number of ether oxygens (including phenoxy) is 1. The van der Waals surface area contributed by atoms with Crippen LogP contribution >= 0.6 is 0 Å². The van der Waals surface area contributed by atoms with Crippen molar-refractivity contribution < 1.29 is 9.53 Å². The van der Waals surface area contributed by atoms with Gasteiger partial charge in [0, 0.05) is 19.6 Å². The minimum Gasteiger partial charge on any atom is -0.491 e. The van der Waals surface area contributed by atoms with Crippen LogP contribution in [0, 0.1) is 0 Å². The summed E-state index contributed by atoms with van der Waals surface area (Å²) in [5.74, 6) is 0.715. The van der Waals surface area contributed by atoms with E-state index in [0.717, 1.165) is 19.6 Å². The number of hydrogen-bond acceptors (Lipinski definition) is 4. The zero-order valence-corrected chi connectivity index (χ0v) is 12.3. The fourth-order valence-corrected chi connectivity index (χ4v) is 1.68. The van der Waals surface area contributed by atoms with Crippen LogP contribution < -0.4 is 4.74 Å². The van der Waals surface area contributed by atoms with Crippen LogP contribution in [0.4, 0.5) is 0 Å². The van der Waals surface area contributed by atoms with Crippen LogP contribution in [0.2, 0.25) is 0 Å². The number of nitrogens with zero attached hydrogens (tertiary/aromatic N) is 2. The Morgan fingerprint density at radius 1 is 1.11 bits per heavy atom. The molecule has 19 heavy (non-hydrogen) atoms. The van der Waals surface area contributed by atoms with Gasteiger partial charge in [0.15, 0.2) is 5.78 Å². The van der Waals surface area contributed by atoms with Gasteiger partial charge in [0.1, 0.15) is 12.4 Å². The molecule has 0 spiro atoms. The fourth-order valence-electron chi connectivity index (χ4n) is 1.68. The number of benzene rings is 1. The molecule has 0 unspecified atom stereocenters. The van der Waals surface area contributed by atoms with Gasteiger partial charge in [0.2, 0.25) is 0 Å². The number of Topliss-reactive ketones (excluding diaryl/α,β-unsaturated/α-hetero) is 1. The third kappa shape index (κ3) is 5.85. The van der Waals surface area contributed by atoms with Gasteiger partial charge in [-0.3, -0.25) is 4.79 Å². The minimum absolute atomic E-state index is 0.0385. The van der Waals surface area contributed by atoms with E-state index >= 15 is 0 Å². The second-order valence-electron chi connectivity index (χ2n) is 5.01. The molecule has 0 saturated heterocycles. The molecule has 0 radical (unpaired) electrons. The molecule has 1 aromatic rings. The fraction of sp³-hybridized carbons (Fsp3) is 0.533. The molecule has 0 aliphatic rings. The number of para-hydroxylation sites is 1. The highest BCUT2D eigenvalue weighted by Gasteiger charge is 2.07. The summed E-state index contributed by atoms with van der Waals surface area (Å²) in [7, 11) is 6.20. The minimum atomic E-state index is 0.0385. The van der Waals surface area contributed by atoms with Gasteiger partial charge in [-0.2, -0.15) is 0 Å². The Hall–Kier alpha value is -1.39. The number of carbonyl (C=O) groups is 1. The van der Waals surface area contributed by atoms with Crippen molar-refractivity contribution in [3.05, 3.63) is 29.8 Å². The molecule has 0 atom stereocenters. The van der Waals surface area contributed by atoms with Crippen molar-refractivity contribution in [3.63, 3.8) is 0 Å². The molecular weight excluding hydrogens is 240 g/mol. The third-order valence-corrected chi connectivity index (χ3v) is 2.93. The summed E-state index contributed by atoms with van der Waals surface area (Å²) in [4.78, 5) is 15.8. The van der Waals surface area contributed by atoms with Crippen molar-refractivity contribution in [3.8, 4) is 5.75 Å². The molecular formula is C15H24N2O2. The smallest absolute Gasteiger partial charge is 0.163 e. The van der Waals surface area contributed by atoms with Gasteiger partial charge < -0.3 is 14.5 Å². The van der Waals surface area contributed by atoms with Crippen LogP contribution in [0.15, 0.2) is 24.3 Å². The maximum atomic E-state index is 11.4. The Kier molecular flexibility index (Phi) is 6.53. The van der Waals surface area contributed by atoms with Crippen LogP contribution in [0.3, 0.4) is 0 Å². The zero-order chi connectivity index (χ0) is 14.3. The summed E-state index contributed by atoms with van der Waals surface area (Å²) in [5, 5.41) is 0. The van der Waals surface area contributed by atoms with Gasteiger partial charge in [0.05, 0.1) is 5.56 Å². The summed E-state index contributed by atoms with van der Waals surface area (Å²) in [6.45, 7) is 5.03. The Labute approximate surface area is 116 Å². The van der Waals surface area contributed by atoms with Gasteiger partial charge in [-0.15, -0.1) is 0 Å². The zero-order valence-electron chi connectivity index (χ0n) is 12.3. The Balaban J connectivity index is 2.39. The van der Waals surface area contributed by atoms with Gasteiger partial charge in [-0.1, -0.05) is 12.1 Å². The van der Waals surface area contributed by atoms with Crippen LogP contribution in [0.1, 0.15) is 17.3 Å². The standard InChI is InChI=1S/C15H24N2O2/c1-13(18)14-7-5-6-8-15(14)19-12-11-17(4)10-9-16(2)3/h5-8H,9-12H2,1-4H3. The number of ketones is 1. The van der Waals surface area contributed by atoms with E-state index in [1.165, 1.54) is 0 Å². The van der Waals surface area contributed by atoms with E-state index in [-0.39, 0.29) is 5.78 Å². The number of carbonyl (C=O) groups excluding carboxylic acids is 1. The lowest BCUT2D eigenvalue weighted by molar-refractivity contribution is 0.101. The summed E-state index contributed by atoms with van der Waals surface area (Å²) in [6.07, 6.45) is 0. The molecule has 0 amide bonds.